The SMILES string of the molecule is CCCCCOc1cc(N2CCCN(Cc3ccc(CN(C)S(=O)(=O)N(C)C)cc3OC)C2=O)ccc1OC. The Morgan fingerprint density at radius 2 is 1.67 bits per heavy atom. The van der Waals surface area contributed by atoms with E-state index in [0.29, 0.717) is 43.5 Å². The molecule has 1 fully saturated rings. The van der Waals surface area contributed by atoms with Crippen molar-refractivity contribution in [2.45, 2.75) is 45.7 Å². The summed E-state index contributed by atoms with van der Waals surface area (Å²) >= 11 is 0. The Balaban J connectivity index is 1.75. The van der Waals surface area contributed by atoms with Gasteiger partial charge in [0.15, 0.2) is 11.5 Å². The zero-order valence-electron chi connectivity index (χ0n) is 24.0. The van der Waals surface area contributed by atoms with Crippen molar-refractivity contribution in [3.63, 3.8) is 0 Å². The molecule has 0 N–H and O–H groups in total. The molecule has 3 rings (SSSR count). The van der Waals surface area contributed by atoms with Crippen molar-refractivity contribution in [1.29, 1.82) is 0 Å². The van der Waals surface area contributed by atoms with Gasteiger partial charge in [0.05, 0.1) is 27.4 Å². The van der Waals surface area contributed by atoms with Crippen LogP contribution in [0.3, 0.4) is 0 Å². The first-order valence-corrected chi connectivity index (χ1v) is 14.7. The molecule has 10 nitrogen and oxygen atoms in total. The molecule has 0 saturated carbocycles. The predicted octanol–water partition coefficient (Wildman–Crippen LogP) is 4.34. The monoisotopic (exact) mass is 562 g/mol. The van der Waals surface area contributed by atoms with Crippen molar-refractivity contribution in [2.24, 2.45) is 0 Å². The molecular formula is C28H42N4O6S. The molecule has 0 aliphatic carbocycles. The maximum Gasteiger partial charge on any atom is 0.324 e. The van der Waals surface area contributed by atoms with E-state index in [9.17, 15) is 13.2 Å². The number of urea groups is 1. The first-order valence-electron chi connectivity index (χ1n) is 13.3. The van der Waals surface area contributed by atoms with Crippen molar-refractivity contribution >= 4 is 21.9 Å². The largest absolute Gasteiger partial charge is 0.496 e. The first-order chi connectivity index (χ1) is 18.6. The summed E-state index contributed by atoms with van der Waals surface area (Å²) in [6.45, 7) is 4.56. The van der Waals surface area contributed by atoms with Crippen LogP contribution in [0.5, 0.6) is 17.2 Å². The number of carbonyl (C=O) groups is 1. The van der Waals surface area contributed by atoms with Gasteiger partial charge in [-0.25, -0.2) is 4.79 Å². The zero-order chi connectivity index (χ0) is 28.6. The van der Waals surface area contributed by atoms with Crippen LogP contribution in [0.15, 0.2) is 36.4 Å². The third-order valence-electron chi connectivity index (χ3n) is 6.75. The molecule has 11 heteroatoms. The second-order valence-corrected chi connectivity index (χ2v) is 12.0. The van der Waals surface area contributed by atoms with Crippen LogP contribution in [0.2, 0.25) is 0 Å². The fraction of sp³-hybridized carbons (Fsp3) is 0.536. The number of methoxy groups -OCH3 is 2. The maximum atomic E-state index is 13.5. The average molecular weight is 563 g/mol. The lowest BCUT2D eigenvalue weighted by Crippen LogP contribution is -2.49. The summed E-state index contributed by atoms with van der Waals surface area (Å²) in [7, 11) is 4.20. The number of carbonyl (C=O) groups excluding carboxylic acids is 1. The molecule has 0 aromatic heterocycles. The van der Waals surface area contributed by atoms with Gasteiger partial charge in [0, 0.05) is 58.1 Å². The number of rotatable bonds is 14. The van der Waals surface area contributed by atoms with E-state index in [4.69, 9.17) is 14.2 Å². The Labute approximate surface area is 233 Å². The van der Waals surface area contributed by atoms with Crippen LogP contribution in [0.4, 0.5) is 10.5 Å². The van der Waals surface area contributed by atoms with Crippen LogP contribution in [0.25, 0.3) is 0 Å². The summed E-state index contributed by atoms with van der Waals surface area (Å²) in [5.74, 6) is 1.89. The number of hydrogen-bond acceptors (Lipinski definition) is 6. The van der Waals surface area contributed by atoms with E-state index < -0.39 is 10.2 Å². The zero-order valence-corrected chi connectivity index (χ0v) is 24.8. The van der Waals surface area contributed by atoms with Gasteiger partial charge in [-0.1, -0.05) is 31.9 Å². The third kappa shape index (κ3) is 7.55. The van der Waals surface area contributed by atoms with Gasteiger partial charge in [0.2, 0.25) is 0 Å². The number of hydrogen-bond donors (Lipinski definition) is 0. The van der Waals surface area contributed by atoms with Crippen molar-refractivity contribution < 1.29 is 27.4 Å². The Morgan fingerprint density at radius 3 is 2.33 bits per heavy atom. The van der Waals surface area contributed by atoms with Crippen LogP contribution in [-0.4, -0.2) is 83.0 Å². The average Bonchev–Trinajstić information content (AvgIpc) is 2.92. The second-order valence-electron chi connectivity index (χ2n) is 9.79. The quantitative estimate of drug-likeness (QED) is 0.318. The minimum absolute atomic E-state index is 0.0914. The summed E-state index contributed by atoms with van der Waals surface area (Å²) in [5, 5.41) is 0. The van der Waals surface area contributed by atoms with Crippen molar-refractivity contribution in [3.8, 4) is 17.2 Å². The fourth-order valence-electron chi connectivity index (χ4n) is 4.49. The molecule has 1 aliphatic rings. The Morgan fingerprint density at radius 1 is 0.923 bits per heavy atom. The molecule has 216 valence electrons. The van der Waals surface area contributed by atoms with Gasteiger partial charge in [-0.05, 0) is 36.6 Å². The summed E-state index contributed by atoms with van der Waals surface area (Å²) < 4.78 is 44.3. The lowest BCUT2D eigenvalue weighted by atomic mass is 10.1. The number of unbranched alkanes of at least 4 members (excludes halogenated alkanes) is 2. The molecule has 2 aromatic rings. The first kappa shape index (κ1) is 30.5. The minimum Gasteiger partial charge on any atom is -0.496 e. The number of anilines is 1. The van der Waals surface area contributed by atoms with E-state index in [2.05, 4.69) is 6.92 Å². The molecule has 0 radical (unpaired) electrons. The predicted molar refractivity (Wildman–Crippen MR) is 153 cm³/mol. The molecule has 2 aromatic carbocycles. The highest BCUT2D eigenvalue weighted by Crippen LogP contribution is 2.34. The standard InChI is InChI=1S/C28H42N4O6S/c1-7-8-9-17-38-27-19-24(13-14-25(27)36-5)32-16-10-15-31(28(32)33)21-23-12-11-22(18-26(23)37-6)20-30(4)39(34,35)29(2)3/h11-14,18-19H,7-10,15-17,20-21H2,1-6H3. The number of nitrogens with zero attached hydrogens (tertiary/aromatic N) is 4. The van der Waals surface area contributed by atoms with Gasteiger partial charge in [-0.3, -0.25) is 4.90 Å². The van der Waals surface area contributed by atoms with Gasteiger partial charge in [0.25, 0.3) is 10.2 Å². The third-order valence-corrected chi connectivity index (χ3v) is 8.59. The molecule has 0 unspecified atom stereocenters. The summed E-state index contributed by atoms with van der Waals surface area (Å²) in [6, 6.07) is 11.1. The topological polar surface area (TPSA) is 91.9 Å². The fourth-order valence-corrected chi connectivity index (χ4v) is 5.36. The van der Waals surface area contributed by atoms with E-state index in [0.717, 1.165) is 42.5 Å². The van der Waals surface area contributed by atoms with Gasteiger partial charge in [-0.15, -0.1) is 0 Å². The highest BCUT2D eigenvalue weighted by atomic mass is 32.2. The Bertz CT molecular complexity index is 1220. The van der Waals surface area contributed by atoms with Crippen LogP contribution in [0, 0.1) is 0 Å². The van der Waals surface area contributed by atoms with Gasteiger partial charge < -0.3 is 19.1 Å². The summed E-state index contributed by atoms with van der Waals surface area (Å²) in [5.41, 5.74) is 2.41. The van der Waals surface area contributed by atoms with Crippen molar-refractivity contribution in [2.75, 3.05) is 60.0 Å². The number of amides is 2. The second kappa shape index (κ2) is 13.9. The van der Waals surface area contributed by atoms with Gasteiger partial charge >= 0.3 is 6.03 Å². The molecule has 0 bridgehead atoms. The molecule has 1 saturated heterocycles. The lowest BCUT2D eigenvalue weighted by molar-refractivity contribution is 0.191. The number of ether oxygens (including phenoxy) is 3. The highest BCUT2D eigenvalue weighted by molar-refractivity contribution is 7.86. The van der Waals surface area contributed by atoms with E-state index in [1.807, 2.05) is 36.4 Å². The summed E-state index contributed by atoms with van der Waals surface area (Å²) in [6.07, 6.45) is 3.99. The molecule has 0 atom stereocenters. The van der Waals surface area contributed by atoms with E-state index >= 15 is 0 Å². The van der Waals surface area contributed by atoms with Gasteiger partial charge in [-0.2, -0.15) is 17.0 Å². The van der Waals surface area contributed by atoms with E-state index in [-0.39, 0.29) is 12.6 Å². The Kier molecular flexibility index (Phi) is 10.8. The molecular weight excluding hydrogens is 520 g/mol. The highest BCUT2D eigenvalue weighted by Gasteiger charge is 2.28. The maximum absolute atomic E-state index is 13.5. The van der Waals surface area contributed by atoms with Crippen LogP contribution >= 0.6 is 0 Å². The van der Waals surface area contributed by atoms with Crippen LogP contribution in [0.1, 0.15) is 43.7 Å². The molecule has 1 aliphatic heterocycles. The van der Waals surface area contributed by atoms with E-state index in [1.54, 1.807) is 24.0 Å². The minimum atomic E-state index is -3.53. The van der Waals surface area contributed by atoms with Gasteiger partial charge in [0.1, 0.15) is 5.75 Å². The van der Waals surface area contributed by atoms with Crippen molar-refractivity contribution in [3.05, 3.63) is 47.5 Å². The molecule has 2 amide bonds. The van der Waals surface area contributed by atoms with Crippen LogP contribution in [-0.2, 0) is 23.3 Å². The van der Waals surface area contributed by atoms with Crippen molar-refractivity contribution in [1.82, 2.24) is 13.5 Å². The number of benzene rings is 2. The molecule has 1 heterocycles. The normalized spacial score (nSPS) is 14.3. The lowest BCUT2D eigenvalue weighted by Gasteiger charge is -2.36. The Hall–Kier alpha value is -3.02. The molecule has 0 spiro atoms. The smallest absolute Gasteiger partial charge is 0.324 e. The molecule has 39 heavy (non-hydrogen) atoms. The van der Waals surface area contributed by atoms with Crippen LogP contribution < -0.4 is 19.1 Å². The van der Waals surface area contributed by atoms with E-state index in [1.165, 1.54) is 29.8 Å². The summed E-state index contributed by atoms with van der Waals surface area (Å²) in [4.78, 5) is 17.1.